The summed E-state index contributed by atoms with van der Waals surface area (Å²) >= 11 is 0. The van der Waals surface area contributed by atoms with E-state index < -0.39 is 45.9 Å². The molecular formula is C40H48N4O7S. The summed E-state index contributed by atoms with van der Waals surface area (Å²) in [5.41, 5.74) is 1.80. The molecule has 1 aliphatic rings. The fraction of sp³-hybridized carbons (Fsp3) is 0.400. The van der Waals surface area contributed by atoms with Crippen molar-refractivity contribution in [3.8, 4) is 0 Å². The largest absolute Gasteiger partial charge is 0.459 e. The van der Waals surface area contributed by atoms with Crippen molar-refractivity contribution < 1.29 is 32.2 Å². The number of carbonyl (C=O) groups is 2. The van der Waals surface area contributed by atoms with Crippen LogP contribution >= 0.6 is 0 Å². The standard InChI is InChI=1S/C40H48N4O7S/c1-38(2,3)50-36(45)26-44(37(46)51-39(4,5)6)34-16-12-15-32(42-34)33(43-52(47,48)35-17-10-11-24-41-35)25-29-18-20-31(21-19-29)40(22-23-40)28-49-27-30-13-8-7-9-14-30/h7-21,24,33,43H,22-23,25-28H2,1-6H3. The Labute approximate surface area is 306 Å². The average Bonchev–Trinajstić information content (AvgIpc) is 3.87. The van der Waals surface area contributed by atoms with Gasteiger partial charge in [0.1, 0.15) is 23.6 Å². The van der Waals surface area contributed by atoms with Crippen LogP contribution in [0.25, 0.3) is 0 Å². The minimum atomic E-state index is -4.09. The van der Waals surface area contributed by atoms with Gasteiger partial charge in [0, 0.05) is 11.6 Å². The Morgan fingerprint density at radius 3 is 2.12 bits per heavy atom. The number of sulfonamides is 1. The predicted octanol–water partition coefficient (Wildman–Crippen LogP) is 7.07. The van der Waals surface area contributed by atoms with E-state index in [0.717, 1.165) is 28.9 Å². The molecule has 1 atom stereocenters. The highest BCUT2D eigenvalue weighted by atomic mass is 32.2. The van der Waals surface area contributed by atoms with Crippen molar-refractivity contribution in [1.29, 1.82) is 0 Å². The maximum Gasteiger partial charge on any atom is 0.416 e. The highest BCUT2D eigenvalue weighted by Gasteiger charge is 2.44. The Bertz CT molecular complexity index is 1920. The van der Waals surface area contributed by atoms with Gasteiger partial charge >= 0.3 is 12.1 Å². The van der Waals surface area contributed by atoms with Crippen LogP contribution in [0.3, 0.4) is 0 Å². The third-order valence-electron chi connectivity index (χ3n) is 8.27. The van der Waals surface area contributed by atoms with Crippen LogP contribution in [0.15, 0.2) is 102 Å². The van der Waals surface area contributed by atoms with Crippen molar-refractivity contribution in [3.63, 3.8) is 0 Å². The van der Waals surface area contributed by atoms with Crippen molar-refractivity contribution in [1.82, 2.24) is 14.7 Å². The quantitative estimate of drug-likeness (QED) is 0.135. The van der Waals surface area contributed by atoms with Crippen LogP contribution in [0.1, 0.15) is 82.8 Å². The Morgan fingerprint density at radius 2 is 1.50 bits per heavy atom. The number of ether oxygens (including phenoxy) is 3. The first-order valence-electron chi connectivity index (χ1n) is 17.4. The Morgan fingerprint density at radius 1 is 0.827 bits per heavy atom. The molecule has 52 heavy (non-hydrogen) atoms. The van der Waals surface area contributed by atoms with E-state index in [1.54, 1.807) is 71.9 Å². The van der Waals surface area contributed by atoms with Gasteiger partial charge in [-0.25, -0.2) is 27.9 Å². The van der Waals surface area contributed by atoms with Gasteiger partial charge < -0.3 is 14.2 Å². The normalized spacial score (nSPS) is 14.7. The minimum Gasteiger partial charge on any atom is -0.459 e. The summed E-state index contributed by atoms with van der Waals surface area (Å²) in [4.78, 5) is 36.2. The van der Waals surface area contributed by atoms with Crippen molar-refractivity contribution >= 4 is 27.9 Å². The number of carbonyl (C=O) groups excluding carboxylic acids is 2. The second-order valence-electron chi connectivity index (χ2n) is 15.1. The Balaban J connectivity index is 1.41. The summed E-state index contributed by atoms with van der Waals surface area (Å²) in [5, 5.41) is -0.141. The minimum absolute atomic E-state index is 0.0393. The number of amides is 1. The molecule has 2 aromatic carbocycles. The van der Waals surface area contributed by atoms with E-state index in [4.69, 9.17) is 19.2 Å². The first-order chi connectivity index (χ1) is 24.5. The summed E-state index contributed by atoms with van der Waals surface area (Å²) in [6.07, 6.45) is 2.90. The molecular weight excluding hydrogens is 681 g/mol. The van der Waals surface area contributed by atoms with E-state index in [1.807, 2.05) is 42.5 Å². The van der Waals surface area contributed by atoms with Crippen molar-refractivity contribution in [3.05, 3.63) is 120 Å². The molecule has 1 aliphatic carbocycles. The number of aromatic nitrogens is 2. The zero-order chi connectivity index (χ0) is 37.6. The third kappa shape index (κ3) is 10.9. The molecule has 1 amide bonds. The van der Waals surface area contributed by atoms with E-state index in [9.17, 15) is 18.0 Å². The molecule has 0 bridgehead atoms. The zero-order valence-corrected chi connectivity index (χ0v) is 31.5. The summed E-state index contributed by atoms with van der Waals surface area (Å²) < 4.78 is 47.2. The van der Waals surface area contributed by atoms with Crippen LogP contribution in [-0.4, -0.2) is 54.8 Å². The summed E-state index contributed by atoms with van der Waals surface area (Å²) in [5.74, 6) is -0.557. The average molecular weight is 729 g/mol. The second kappa shape index (κ2) is 15.9. The monoisotopic (exact) mass is 728 g/mol. The van der Waals surface area contributed by atoms with E-state index in [2.05, 4.69) is 21.8 Å². The number of nitrogens with one attached hydrogen (secondary N) is 1. The van der Waals surface area contributed by atoms with Crippen molar-refractivity contribution in [2.75, 3.05) is 18.1 Å². The maximum absolute atomic E-state index is 13.6. The molecule has 0 radical (unpaired) electrons. The number of anilines is 1. The molecule has 11 nitrogen and oxygen atoms in total. The van der Waals surface area contributed by atoms with Crippen LogP contribution in [0.4, 0.5) is 10.6 Å². The van der Waals surface area contributed by atoms with Gasteiger partial charge in [-0.15, -0.1) is 0 Å². The number of rotatable bonds is 14. The lowest BCUT2D eigenvalue weighted by Crippen LogP contribution is -2.42. The van der Waals surface area contributed by atoms with E-state index in [0.29, 0.717) is 18.9 Å². The van der Waals surface area contributed by atoms with E-state index in [-0.39, 0.29) is 22.7 Å². The molecule has 2 heterocycles. The first kappa shape index (κ1) is 38.6. The second-order valence-corrected chi connectivity index (χ2v) is 16.7. The molecule has 276 valence electrons. The number of nitrogens with zero attached hydrogens (tertiary/aromatic N) is 3. The van der Waals surface area contributed by atoms with Gasteiger partial charge in [0.15, 0.2) is 5.03 Å². The Hall–Kier alpha value is -4.65. The number of hydrogen-bond donors (Lipinski definition) is 1. The van der Waals surface area contributed by atoms with Gasteiger partial charge in [0.25, 0.3) is 10.0 Å². The molecule has 1 fully saturated rings. The molecule has 0 saturated heterocycles. The van der Waals surface area contributed by atoms with Crippen molar-refractivity contribution in [2.24, 2.45) is 0 Å². The number of pyridine rings is 2. The lowest BCUT2D eigenvalue weighted by atomic mass is 9.94. The van der Waals surface area contributed by atoms with Gasteiger partial charge in [0.05, 0.1) is 24.9 Å². The third-order valence-corrected chi connectivity index (χ3v) is 9.66. The zero-order valence-electron chi connectivity index (χ0n) is 30.7. The van der Waals surface area contributed by atoms with Gasteiger partial charge in [0.2, 0.25) is 0 Å². The maximum atomic E-state index is 13.6. The molecule has 1 N–H and O–H groups in total. The summed E-state index contributed by atoms with van der Waals surface area (Å²) in [6.45, 7) is 11.1. The van der Waals surface area contributed by atoms with Crippen LogP contribution in [0.2, 0.25) is 0 Å². The first-order valence-corrected chi connectivity index (χ1v) is 18.8. The summed E-state index contributed by atoms with van der Waals surface area (Å²) in [7, 11) is -4.09. The van der Waals surface area contributed by atoms with Crippen LogP contribution in [0, 0.1) is 0 Å². The Kier molecular flexibility index (Phi) is 11.8. The highest BCUT2D eigenvalue weighted by molar-refractivity contribution is 7.89. The molecule has 4 aromatic rings. The number of esters is 1. The molecule has 1 saturated carbocycles. The number of hydrogen-bond acceptors (Lipinski definition) is 9. The molecule has 12 heteroatoms. The number of benzene rings is 2. The summed E-state index contributed by atoms with van der Waals surface area (Å²) in [6, 6.07) is 26.9. The fourth-order valence-corrected chi connectivity index (χ4v) is 6.80. The molecule has 0 aliphatic heterocycles. The SMILES string of the molecule is CC(C)(C)OC(=O)CN(C(=O)OC(C)(C)C)c1cccc(C(Cc2ccc(C3(COCc4ccccc4)CC3)cc2)NS(=O)(=O)c2ccccn2)n1. The lowest BCUT2D eigenvalue weighted by molar-refractivity contribution is -0.153. The van der Waals surface area contributed by atoms with Gasteiger partial charge in [-0.3, -0.25) is 9.69 Å². The van der Waals surface area contributed by atoms with Gasteiger partial charge in [-0.05, 0) is 102 Å². The van der Waals surface area contributed by atoms with Gasteiger partial charge in [-0.1, -0.05) is 66.7 Å². The fourth-order valence-electron chi connectivity index (χ4n) is 5.64. The van der Waals surface area contributed by atoms with Gasteiger partial charge in [-0.2, -0.15) is 0 Å². The predicted molar refractivity (Wildman–Crippen MR) is 198 cm³/mol. The highest BCUT2D eigenvalue weighted by Crippen LogP contribution is 2.48. The van der Waals surface area contributed by atoms with Crippen LogP contribution in [-0.2, 0) is 47.5 Å². The smallest absolute Gasteiger partial charge is 0.416 e. The van der Waals surface area contributed by atoms with E-state index >= 15 is 0 Å². The lowest BCUT2D eigenvalue weighted by Gasteiger charge is -2.28. The molecule has 2 aromatic heterocycles. The van der Waals surface area contributed by atoms with Crippen LogP contribution in [0.5, 0.6) is 0 Å². The molecule has 0 spiro atoms. The molecule has 1 unspecified atom stereocenters. The topological polar surface area (TPSA) is 137 Å². The van der Waals surface area contributed by atoms with Crippen molar-refractivity contribution in [2.45, 2.75) is 95.1 Å². The molecule has 5 rings (SSSR count). The van der Waals surface area contributed by atoms with Crippen LogP contribution < -0.4 is 9.62 Å². The van der Waals surface area contributed by atoms with E-state index in [1.165, 1.54) is 17.8 Å².